The van der Waals surface area contributed by atoms with Crippen molar-refractivity contribution in [1.29, 1.82) is 0 Å². The minimum atomic E-state index is -0.998. The van der Waals surface area contributed by atoms with Crippen LogP contribution >= 0.6 is 23.1 Å². The number of aromatic nitrogens is 1. The maximum Gasteiger partial charge on any atom is 0.365 e. The summed E-state index contributed by atoms with van der Waals surface area (Å²) in [5.74, 6) is -0.998. The summed E-state index contributed by atoms with van der Waals surface area (Å²) < 4.78 is 6.86. The molecule has 3 rings (SSSR count). The first-order valence-corrected chi connectivity index (χ1v) is 7.01. The lowest BCUT2D eigenvalue weighted by Gasteiger charge is -2.33. The topological polar surface area (TPSA) is 65.9 Å². The lowest BCUT2D eigenvalue weighted by atomic mass is 10.2. The van der Waals surface area contributed by atoms with Gasteiger partial charge in [-0.2, -0.15) is 0 Å². The summed E-state index contributed by atoms with van der Waals surface area (Å²) in [6.07, 6.45) is 1.81. The molecule has 0 aliphatic carbocycles. The van der Waals surface area contributed by atoms with E-state index >= 15 is 0 Å². The molecule has 0 unspecified atom stereocenters. The standard InChI is InChI=1S/C11H12ClN3O3S/c12-15-5-7(14-1-3-18-4-2-14)9-8(6-15)19-10(13-9)11(16)17/h5H,1-4,6H2,(H,16,17). The highest BCUT2D eigenvalue weighted by Gasteiger charge is 2.27. The number of morpholine rings is 1. The zero-order valence-corrected chi connectivity index (χ0v) is 11.6. The van der Waals surface area contributed by atoms with Crippen LogP contribution in [0.3, 0.4) is 0 Å². The monoisotopic (exact) mass is 301 g/mol. The van der Waals surface area contributed by atoms with E-state index < -0.39 is 5.97 Å². The molecule has 1 aromatic heterocycles. The van der Waals surface area contributed by atoms with Crippen LogP contribution in [-0.2, 0) is 11.3 Å². The number of rotatable bonds is 2. The van der Waals surface area contributed by atoms with Gasteiger partial charge in [0.15, 0.2) is 0 Å². The van der Waals surface area contributed by atoms with Crippen LogP contribution in [0.15, 0.2) is 6.20 Å². The number of halogens is 1. The molecule has 2 aliphatic heterocycles. The van der Waals surface area contributed by atoms with Crippen molar-refractivity contribution in [3.8, 4) is 0 Å². The summed E-state index contributed by atoms with van der Waals surface area (Å²) in [6, 6.07) is 0. The van der Waals surface area contributed by atoms with Crippen LogP contribution in [0.4, 0.5) is 0 Å². The van der Waals surface area contributed by atoms with E-state index in [1.807, 2.05) is 0 Å². The first-order chi connectivity index (χ1) is 9.15. The number of hydrogen-bond donors (Lipinski definition) is 1. The van der Waals surface area contributed by atoms with E-state index in [2.05, 4.69) is 9.88 Å². The van der Waals surface area contributed by atoms with Gasteiger partial charge in [-0.3, -0.25) is 4.42 Å². The van der Waals surface area contributed by atoms with Crippen molar-refractivity contribution >= 4 is 34.8 Å². The molecule has 0 radical (unpaired) electrons. The van der Waals surface area contributed by atoms with Gasteiger partial charge in [-0.1, -0.05) is 0 Å². The van der Waals surface area contributed by atoms with Crippen LogP contribution in [0.25, 0.3) is 5.70 Å². The first-order valence-electron chi connectivity index (χ1n) is 5.85. The van der Waals surface area contributed by atoms with E-state index in [0.717, 1.165) is 29.4 Å². The van der Waals surface area contributed by atoms with Gasteiger partial charge in [-0.25, -0.2) is 9.78 Å². The molecule has 1 fully saturated rings. The van der Waals surface area contributed by atoms with E-state index in [1.54, 1.807) is 6.20 Å². The van der Waals surface area contributed by atoms with Crippen molar-refractivity contribution < 1.29 is 14.6 Å². The highest BCUT2D eigenvalue weighted by molar-refractivity contribution is 7.13. The number of thiazole rings is 1. The molecule has 3 heterocycles. The summed E-state index contributed by atoms with van der Waals surface area (Å²) in [5, 5.41) is 9.15. The molecule has 8 heteroatoms. The average Bonchev–Trinajstić information content (AvgIpc) is 2.82. The lowest BCUT2D eigenvalue weighted by Crippen LogP contribution is -2.36. The highest BCUT2D eigenvalue weighted by atomic mass is 35.5. The second-order valence-corrected chi connectivity index (χ2v) is 5.79. The Morgan fingerprint density at radius 3 is 2.89 bits per heavy atom. The Hall–Kier alpha value is -1.31. The minimum Gasteiger partial charge on any atom is -0.476 e. The van der Waals surface area contributed by atoms with Crippen LogP contribution in [0.1, 0.15) is 20.4 Å². The normalized spacial score (nSPS) is 19.1. The Labute approximate surface area is 119 Å². The molecule has 0 atom stereocenters. The van der Waals surface area contributed by atoms with E-state index in [1.165, 1.54) is 15.8 Å². The van der Waals surface area contributed by atoms with E-state index in [4.69, 9.17) is 21.6 Å². The van der Waals surface area contributed by atoms with Gasteiger partial charge < -0.3 is 14.7 Å². The largest absolute Gasteiger partial charge is 0.476 e. The zero-order chi connectivity index (χ0) is 13.4. The summed E-state index contributed by atoms with van der Waals surface area (Å²) in [6.45, 7) is 3.32. The molecule has 1 aromatic rings. The molecule has 6 nitrogen and oxygen atoms in total. The molecule has 0 bridgehead atoms. The van der Waals surface area contributed by atoms with Crippen LogP contribution in [-0.4, -0.2) is 51.7 Å². The second kappa shape index (κ2) is 4.99. The highest BCUT2D eigenvalue weighted by Crippen LogP contribution is 2.33. The maximum atomic E-state index is 11.0. The fourth-order valence-electron chi connectivity index (χ4n) is 2.16. The summed E-state index contributed by atoms with van der Waals surface area (Å²) in [4.78, 5) is 18.3. The summed E-state index contributed by atoms with van der Waals surface area (Å²) in [5.41, 5.74) is 1.62. The predicted octanol–water partition coefficient (Wildman–Crippen LogP) is 1.44. The third kappa shape index (κ3) is 2.41. The molecule has 0 aromatic carbocycles. The number of hydrogen-bond acceptors (Lipinski definition) is 6. The molecule has 0 saturated carbocycles. The minimum absolute atomic E-state index is 0.108. The third-order valence-corrected chi connectivity index (χ3v) is 4.28. The van der Waals surface area contributed by atoms with Crippen molar-refractivity contribution in [2.24, 2.45) is 0 Å². The Balaban J connectivity index is 1.97. The number of nitrogens with zero attached hydrogens (tertiary/aromatic N) is 3. The summed E-state index contributed by atoms with van der Waals surface area (Å²) in [7, 11) is 0. The molecule has 19 heavy (non-hydrogen) atoms. The Kier molecular flexibility index (Phi) is 3.34. The van der Waals surface area contributed by atoms with Gasteiger partial charge in [0.25, 0.3) is 0 Å². The third-order valence-electron chi connectivity index (χ3n) is 3.03. The van der Waals surface area contributed by atoms with Crippen LogP contribution in [0, 0.1) is 0 Å². The molecule has 1 saturated heterocycles. The van der Waals surface area contributed by atoms with Gasteiger partial charge in [0, 0.05) is 31.1 Å². The quantitative estimate of drug-likeness (QED) is 0.834. The second-order valence-electron chi connectivity index (χ2n) is 4.27. The zero-order valence-electron chi connectivity index (χ0n) is 10.0. The van der Waals surface area contributed by atoms with E-state index in [9.17, 15) is 4.79 Å². The fourth-order valence-corrected chi connectivity index (χ4v) is 3.35. The Morgan fingerprint density at radius 1 is 1.47 bits per heavy atom. The SMILES string of the molecule is O=C(O)c1nc2c(s1)CN(Cl)C=C2N1CCOCC1. The Bertz CT molecular complexity index is 539. The molecule has 0 amide bonds. The van der Waals surface area contributed by atoms with Crippen molar-refractivity contribution in [2.75, 3.05) is 26.3 Å². The van der Waals surface area contributed by atoms with Gasteiger partial charge in [0.2, 0.25) is 5.01 Å². The number of fused-ring (bicyclic) bond motifs is 1. The van der Waals surface area contributed by atoms with Gasteiger partial charge in [-0.15, -0.1) is 11.3 Å². The van der Waals surface area contributed by atoms with E-state index in [-0.39, 0.29) is 5.01 Å². The van der Waals surface area contributed by atoms with Crippen LogP contribution in [0.5, 0.6) is 0 Å². The maximum absolute atomic E-state index is 11.0. The Morgan fingerprint density at radius 2 is 2.21 bits per heavy atom. The van der Waals surface area contributed by atoms with Crippen LogP contribution in [0.2, 0.25) is 0 Å². The van der Waals surface area contributed by atoms with Crippen LogP contribution < -0.4 is 0 Å². The summed E-state index contributed by atoms with van der Waals surface area (Å²) >= 11 is 7.26. The molecule has 102 valence electrons. The van der Waals surface area contributed by atoms with Crippen molar-refractivity contribution in [2.45, 2.75) is 6.54 Å². The van der Waals surface area contributed by atoms with Crippen molar-refractivity contribution in [1.82, 2.24) is 14.3 Å². The lowest BCUT2D eigenvalue weighted by molar-refractivity contribution is 0.0632. The smallest absolute Gasteiger partial charge is 0.365 e. The number of carboxylic acids is 1. The van der Waals surface area contributed by atoms with E-state index in [0.29, 0.717) is 19.8 Å². The molecular formula is C11H12ClN3O3S. The number of aromatic carboxylic acids is 1. The number of carboxylic acid groups (broad SMARTS) is 1. The fraction of sp³-hybridized carbons (Fsp3) is 0.455. The van der Waals surface area contributed by atoms with Crippen molar-refractivity contribution in [3.63, 3.8) is 0 Å². The molecule has 0 spiro atoms. The van der Waals surface area contributed by atoms with Gasteiger partial charge >= 0.3 is 5.97 Å². The number of carbonyl (C=O) groups is 1. The predicted molar refractivity (Wildman–Crippen MR) is 70.8 cm³/mol. The number of ether oxygens (including phenoxy) is 1. The van der Waals surface area contributed by atoms with Gasteiger partial charge in [0.05, 0.1) is 30.3 Å². The molecule has 1 N–H and O–H groups in total. The van der Waals surface area contributed by atoms with Gasteiger partial charge in [-0.05, 0) is 0 Å². The van der Waals surface area contributed by atoms with Gasteiger partial charge in [0.1, 0.15) is 5.69 Å². The molecule has 2 aliphatic rings. The first kappa shape index (κ1) is 12.7. The average molecular weight is 302 g/mol. The molecular weight excluding hydrogens is 290 g/mol. The van der Waals surface area contributed by atoms with Crippen molar-refractivity contribution in [3.05, 3.63) is 21.8 Å².